The Kier molecular flexibility index (Phi) is 4.78. The lowest BCUT2D eigenvalue weighted by Gasteiger charge is -2.01. The van der Waals surface area contributed by atoms with E-state index in [0.29, 0.717) is 23.1 Å². The Morgan fingerprint density at radius 1 is 1.23 bits per heavy atom. The van der Waals surface area contributed by atoms with Crippen LogP contribution in [0.1, 0.15) is 28.4 Å². The van der Waals surface area contributed by atoms with Gasteiger partial charge in [0.05, 0.1) is 4.92 Å². The molecule has 0 amide bonds. The Balaban J connectivity index is 2.22. The van der Waals surface area contributed by atoms with E-state index in [0.717, 1.165) is 0 Å². The first-order valence-corrected chi connectivity index (χ1v) is 6.76. The van der Waals surface area contributed by atoms with Crippen molar-refractivity contribution in [3.05, 3.63) is 81.2 Å². The smallest absolute Gasteiger partial charge is 0.273 e. The lowest BCUT2D eigenvalue weighted by Crippen LogP contribution is -1.96. The monoisotopic (exact) mass is 299 g/mol. The van der Waals surface area contributed by atoms with Crippen LogP contribution >= 0.6 is 0 Å². The SMILES string of the molecule is CCc1ccc(/C=C/C(=O)c2ccc(F)cc2)cc1[N+](=O)[O-]. The number of nitro benzene ring substituents is 1. The van der Waals surface area contributed by atoms with Crippen LogP contribution in [0.15, 0.2) is 48.5 Å². The quantitative estimate of drug-likeness (QED) is 0.360. The lowest BCUT2D eigenvalue weighted by molar-refractivity contribution is -0.385. The number of rotatable bonds is 5. The topological polar surface area (TPSA) is 60.2 Å². The Labute approximate surface area is 127 Å². The number of aryl methyl sites for hydroxylation is 1. The molecule has 5 heteroatoms. The van der Waals surface area contributed by atoms with Crippen LogP contribution in [0.2, 0.25) is 0 Å². The lowest BCUT2D eigenvalue weighted by atomic mass is 10.1. The van der Waals surface area contributed by atoms with E-state index in [1.807, 2.05) is 6.92 Å². The summed E-state index contributed by atoms with van der Waals surface area (Å²) in [6, 6.07) is 10.0. The van der Waals surface area contributed by atoms with Gasteiger partial charge < -0.3 is 0 Å². The van der Waals surface area contributed by atoms with Gasteiger partial charge in [-0.1, -0.05) is 25.1 Å². The van der Waals surface area contributed by atoms with Gasteiger partial charge in [0.15, 0.2) is 5.78 Å². The molecule has 0 radical (unpaired) electrons. The Hall–Kier alpha value is -2.82. The average Bonchev–Trinajstić information content (AvgIpc) is 2.53. The van der Waals surface area contributed by atoms with Crippen molar-refractivity contribution in [2.75, 3.05) is 0 Å². The largest absolute Gasteiger partial charge is 0.289 e. The molecule has 0 unspecified atom stereocenters. The number of allylic oxidation sites excluding steroid dienone is 1. The fourth-order valence-electron chi connectivity index (χ4n) is 2.04. The summed E-state index contributed by atoms with van der Waals surface area (Å²) < 4.78 is 12.8. The molecule has 0 heterocycles. The van der Waals surface area contributed by atoms with Crippen molar-refractivity contribution >= 4 is 17.5 Å². The zero-order chi connectivity index (χ0) is 16.1. The Bertz CT molecular complexity index is 736. The fraction of sp³-hybridized carbons (Fsp3) is 0.118. The molecule has 0 aliphatic rings. The van der Waals surface area contributed by atoms with Crippen molar-refractivity contribution < 1.29 is 14.1 Å². The Morgan fingerprint density at radius 3 is 2.50 bits per heavy atom. The third-order valence-corrected chi connectivity index (χ3v) is 3.24. The van der Waals surface area contributed by atoms with Crippen LogP contribution in [0.3, 0.4) is 0 Å². The number of nitrogens with zero attached hydrogens (tertiary/aromatic N) is 1. The maximum absolute atomic E-state index is 12.8. The van der Waals surface area contributed by atoms with Gasteiger partial charge in [-0.3, -0.25) is 14.9 Å². The number of halogens is 1. The van der Waals surface area contributed by atoms with E-state index >= 15 is 0 Å². The number of carbonyl (C=O) groups is 1. The van der Waals surface area contributed by atoms with Crippen LogP contribution in [0.5, 0.6) is 0 Å². The van der Waals surface area contributed by atoms with Gasteiger partial charge in [0.25, 0.3) is 5.69 Å². The molecule has 0 saturated heterocycles. The fourth-order valence-corrected chi connectivity index (χ4v) is 2.04. The minimum absolute atomic E-state index is 0.0406. The molecule has 2 aromatic rings. The number of carbonyl (C=O) groups excluding carboxylic acids is 1. The van der Waals surface area contributed by atoms with E-state index in [1.165, 1.54) is 42.5 Å². The van der Waals surface area contributed by atoms with Crippen molar-refractivity contribution in [3.63, 3.8) is 0 Å². The number of benzene rings is 2. The molecule has 0 aliphatic heterocycles. The number of ketones is 1. The molecular formula is C17H14FNO3. The molecule has 0 saturated carbocycles. The molecule has 112 valence electrons. The van der Waals surface area contributed by atoms with Crippen molar-refractivity contribution in [2.45, 2.75) is 13.3 Å². The molecule has 4 nitrogen and oxygen atoms in total. The molecule has 22 heavy (non-hydrogen) atoms. The van der Waals surface area contributed by atoms with Crippen molar-refractivity contribution in [3.8, 4) is 0 Å². The van der Waals surface area contributed by atoms with E-state index in [-0.39, 0.29) is 11.5 Å². The Morgan fingerprint density at radius 2 is 1.91 bits per heavy atom. The summed E-state index contributed by atoms with van der Waals surface area (Å²) in [5, 5.41) is 11.0. The summed E-state index contributed by atoms with van der Waals surface area (Å²) in [5.41, 5.74) is 1.61. The van der Waals surface area contributed by atoms with E-state index in [1.54, 1.807) is 12.1 Å². The summed E-state index contributed by atoms with van der Waals surface area (Å²) in [5.74, 6) is -0.700. The molecule has 0 bridgehead atoms. The van der Waals surface area contributed by atoms with E-state index in [9.17, 15) is 19.3 Å². The van der Waals surface area contributed by atoms with Gasteiger partial charge in [-0.25, -0.2) is 4.39 Å². The summed E-state index contributed by atoms with van der Waals surface area (Å²) in [6.45, 7) is 1.84. The first kappa shape index (κ1) is 15.6. The van der Waals surface area contributed by atoms with Crippen molar-refractivity contribution in [2.24, 2.45) is 0 Å². The van der Waals surface area contributed by atoms with Gasteiger partial charge in [0, 0.05) is 17.2 Å². The van der Waals surface area contributed by atoms with Gasteiger partial charge >= 0.3 is 0 Å². The van der Waals surface area contributed by atoms with Crippen LogP contribution in [0, 0.1) is 15.9 Å². The highest BCUT2D eigenvalue weighted by Crippen LogP contribution is 2.21. The molecular weight excluding hydrogens is 285 g/mol. The third-order valence-electron chi connectivity index (χ3n) is 3.24. The summed E-state index contributed by atoms with van der Waals surface area (Å²) in [7, 11) is 0. The predicted molar refractivity (Wildman–Crippen MR) is 82.2 cm³/mol. The first-order valence-electron chi connectivity index (χ1n) is 6.76. The maximum atomic E-state index is 12.8. The standard InChI is InChI=1S/C17H14FNO3/c1-2-13-5-3-12(11-16(13)19(21)22)4-10-17(20)14-6-8-15(18)9-7-14/h3-11H,2H2,1H3/b10-4+. The zero-order valence-corrected chi connectivity index (χ0v) is 12.0. The molecule has 0 atom stereocenters. The third kappa shape index (κ3) is 3.63. The molecule has 0 aromatic heterocycles. The highest BCUT2D eigenvalue weighted by molar-refractivity contribution is 6.06. The second-order valence-electron chi connectivity index (χ2n) is 4.70. The van der Waals surface area contributed by atoms with Gasteiger partial charge in [0.2, 0.25) is 0 Å². The van der Waals surface area contributed by atoms with Crippen LogP contribution in [-0.4, -0.2) is 10.7 Å². The molecule has 0 spiro atoms. The maximum Gasteiger partial charge on any atom is 0.273 e. The second-order valence-corrected chi connectivity index (χ2v) is 4.70. The second kappa shape index (κ2) is 6.76. The highest BCUT2D eigenvalue weighted by Gasteiger charge is 2.12. The van der Waals surface area contributed by atoms with Gasteiger partial charge in [0.1, 0.15) is 5.82 Å². The van der Waals surface area contributed by atoms with Gasteiger partial charge in [-0.2, -0.15) is 0 Å². The van der Waals surface area contributed by atoms with Crippen molar-refractivity contribution in [1.82, 2.24) is 0 Å². The van der Waals surface area contributed by atoms with Gasteiger partial charge in [-0.05, 0) is 42.3 Å². The van der Waals surface area contributed by atoms with E-state index < -0.39 is 10.7 Å². The van der Waals surface area contributed by atoms with Crippen molar-refractivity contribution in [1.29, 1.82) is 0 Å². The summed E-state index contributed by atoms with van der Waals surface area (Å²) in [4.78, 5) is 22.5. The summed E-state index contributed by atoms with van der Waals surface area (Å²) >= 11 is 0. The summed E-state index contributed by atoms with van der Waals surface area (Å²) in [6.07, 6.45) is 3.39. The minimum atomic E-state index is -0.433. The molecule has 0 N–H and O–H groups in total. The minimum Gasteiger partial charge on any atom is -0.289 e. The normalized spacial score (nSPS) is 10.8. The number of nitro groups is 1. The molecule has 2 aromatic carbocycles. The molecule has 0 aliphatic carbocycles. The predicted octanol–water partition coefficient (Wildman–Crippen LogP) is 4.19. The average molecular weight is 299 g/mol. The number of hydrogen-bond acceptors (Lipinski definition) is 3. The van der Waals surface area contributed by atoms with Gasteiger partial charge in [-0.15, -0.1) is 0 Å². The van der Waals surface area contributed by atoms with Crippen LogP contribution in [-0.2, 0) is 6.42 Å². The van der Waals surface area contributed by atoms with E-state index in [4.69, 9.17) is 0 Å². The van der Waals surface area contributed by atoms with Crippen LogP contribution < -0.4 is 0 Å². The first-order chi connectivity index (χ1) is 10.5. The molecule has 2 rings (SSSR count). The molecule has 0 fully saturated rings. The van der Waals surface area contributed by atoms with E-state index in [2.05, 4.69) is 0 Å². The van der Waals surface area contributed by atoms with Crippen LogP contribution in [0.4, 0.5) is 10.1 Å². The van der Waals surface area contributed by atoms with Crippen LogP contribution in [0.25, 0.3) is 6.08 Å². The highest BCUT2D eigenvalue weighted by atomic mass is 19.1. The zero-order valence-electron chi connectivity index (χ0n) is 12.0. The number of hydrogen-bond donors (Lipinski definition) is 0.